The lowest BCUT2D eigenvalue weighted by atomic mass is 10.1. The van der Waals surface area contributed by atoms with Gasteiger partial charge in [0.2, 0.25) is 0 Å². The first kappa shape index (κ1) is 15.0. The van der Waals surface area contributed by atoms with E-state index in [2.05, 4.69) is 42.7 Å². The van der Waals surface area contributed by atoms with Crippen molar-refractivity contribution in [3.63, 3.8) is 0 Å². The second kappa shape index (κ2) is 6.87. The first-order valence-electron chi connectivity index (χ1n) is 6.56. The molecule has 0 aliphatic heterocycles. The minimum atomic E-state index is 0.680. The lowest BCUT2D eigenvalue weighted by molar-refractivity contribution is 1.07. The molecule has 2 rings (SSSR count). The lowest BCUT2D eigenvalue weighted by Crippen LogP contribution is -2.14. The van der Waals surface area contributed by atoms with Crippen LogP contribution in [0.25, 0.3) is 0 Å². The molecule has 20 heavy (non-hydrogen) atoms. The van der Waals surface area contributed by atoms with Crippen molar-refractivity contribution in [3.8, 4) is 0 Å². The van der Waals surface area contributed by atoms with Crippen LogP contribution in [0.5, 0.6) is 0 Å². The molecule has 0 heterocycles. The number of halogens is 2. The molecule has 2 N–H and O–H groups in total. The Balaban J connectivity index is 1.86. The third-order valence-electron chi connectivity index (χ3n) is 3.07. The monoisotopic (exact) mass is 308 g/mol. The molecule has 0 amide bonds. The van der Waals surface area contributed by atoms with Crippen molar-refractivity contribution in [3.05, 3.63) is 57.6 Å². The standard InChI is InChI=1S/C16H18Cl2N2/c1-11-3-6-15(12(2)9-11)19-7-8-20-16-10-13(17)4-5-14(16)18/h3-6,9-10,19-20H,7-8H2,1-2H3. The van der Waals surface area contributed by atoms with Crippen LogP contribution in [0.3, 0.4) is 0 Å². The lowest BCUT2D eigenvalue weighted by Gasteiger charge is -2.12. The SMILES string of the molecule is Cc1ccc(NCCNc2cc(Cl)ccc2Cl)c(C)c1. The Bertz CT molecular complexity index is 597. The summed E-state index contributed by atoms with van der Waals surface area (Å²) in [6, 6.07) is 11.8. The van der Waals surface area contributed by atoms with Gasteiger partial charge in [-0.2, -0.15) is 0 Å². The van der Waals surface area contributed by atoms with Gasteiger partial charge in [0.05, 0.1) is 10.7 Å². The van der Waals surface area contributed by atoms with Crippen molar-refractivity contribution < 1.29 is 0 Å². The molecule has 0 aliphatic rings. The number of anilines is 2. The van der Waals surface area contributed by atoms with Crippen molar-refractivity contribution in [1.82, 2.24) is 0 Å². The maximum atomic E-state index is 6.09. The molecule has 0 radical (unpaired) electrons. The zero-order valence-electron chi connectivity index (χ0n) is 11.6. The van der Waals surface area contributed by atoms with Gasteiger partial charge in [-0.15, -0.1) is 0 Å². The van der Waals surface area contributed by atoms with Crippen LogP contribution in [0.2, 0.25) is 10.0 Å². The maximum Gasteiger partial charge on any atom is 0.0638 e. The van der Waals surface area contributed by atoms with Crippen molar-refractivity contribution >= 4 is 34.6 Å². The predicted molar refractivity (Wildman–Crippen MR) is 89.4 cm³/mol. The fraction of sp³-hybridized carbons (Fsp3) is 0.250. The van der Waals surface area contributed by atoms with Crippen LogP contribution in [-0.4, -0.2) is 13.1 Å². The normalized spacial score (nSPS) is 10.4. The highest BCUT2D eigenvalue weighted by Crippen LogP contribution is 2.25. The summed E-state index contributed by atoms with van der Waals surface area (Å²) in [5, 5.41) is 8.04. The van der Waals surface area contributed by atoms with Crippen molar-refractivity contribution in [1.29, 1.82) is 0 Å². The number of hydrogen-bond donors (Lipinski definition) is 2. The van der Waals surface area contributed by atoms with Gasteiger partial charge < -0.3 is 10.6 Å². The highest BCUT2D eigenvalue weighted by atomic mass is 35.5. The zero-order chi connectivity index (χ0) is 14.5. The highest BCUT2D eigenvalue weighted by Gasteiger charge is 2.01. The van der Waals surface area contributed by atoms with E-state index < -0.39 is 0 Å². The summed E-state index contributed by atoms with van der Waals surface area (Å²) < 4.78 is 0. The van der Waals surface area contributed by atoms with Crippen molar-refractivity contribution in [2.75, 3.05) is 23.7 Å². The predicted octanol–water partition coefficient (Wildman–Crippen LogP) is 5.13. The smallest absolute Gasteiger partial charge is 0.0638 e. The van der Waals surface area contributed by atoms with Gasteiger partial charge in [0.25, 0.3) is 0 Å². The number of nitrogens with one attached hydrogen (secondary N) is 2. The van der Waals surface area contributed by atoms with Gasteiger partial charge >= 0.3 is 0 Å². The molecule has 2 aromatic carbocycles. The maximum absolute atomic E-state index is 6.09. The van der Waals surface area contributed by atoms with Gasteiger partial charge in [-0.05, 0) is 43.7 Å². The first-order chi connectivity index (χ1) is 9.56. The summed E-state index contributed by atoms with van der Waals surface area (Å²) in [5.41, 5.74) is 4.55. The van der Waals surface area contributed by atoms with E-state index in [1.54, 1.807) is 12.1 Å². The third-order valence-corrected chi connectivity index (χ3v) is 3.63. The Morgan fingerprint density at radius 2 is 1.55 bits per heavy atom. The van der Waals surface area contributed by atoms with E-state index in [1.165, 1.54) is 11.1 Å². The molecule has 106 valence electrons. The van der Waals surface area contributed by atoms with Gasteiger partial charge in [0.15, 0.2) is 0 Å². The van der Waals surface area contributed by atoms with Crippen LogP contribution < -0.4 is 10.6 Å². The van der Waals surface area contributed by atoms with Crippen LogP contribution >= 0.6 is 23.2 Å². The molecule has 4 heteroatoms. The summed E-state index contributed by atoms with van der Waals surface area (Å²) in [6.45, 7) is 5.79. The average Bonchev–Trinajstić information content (AvgIpc) is 2.40. The van der Waals surface area contributed by atoms with Gasteiger partial charge in [0.1, 0.15) is 0 Å². The summed E-state index contributed by atoms with van der Waals surface area (Å²) in [6.07, 6.45) is 0. The second-order valence-electron chi connectivity index (χ2n) is 4.80. The molecule has 0 atom stereocenters. The number of aryl methyl sites for hydroxylation is 2. The first-order valence-corrected chi connectivity index (χ1v) is 7.32. The van der Waals surface area contributed by atoms with E-state index in [0.717, 1.165) is 24.5 Å². The van der Waals surface area contributed by atoms with E-state index in [4.69, 9.17) is 23.2 Å². The van der Waals surface area contributed by atoms with Crippen molar-refractivity contribution in [2.45, 2.75) is 13.8 Å². The number of benzene rings is 2. The fourth-order valence-corrected chi connectivity index (χ4v) is 2.40. The molecular formula is C16H18Cl2N2. The fourth-order valence-electron chi connectivity index (χ4n) is 2.04. The van der Waals surface area contributed by atoms with Crippen molar-refractivity contribution in [2.24, 2.45) is 0 Å². The quantitative estimate of drug-likeness (QED) is 0.748. The molecule has 0 unspecified atom stereocenters. The van der Waals surface area contributed by atoms with Gasteiger partial charge in [-0.3, -0.25) is 0 Å². The molecule has 0 bridgehead atoms. The zero-order valence-corrected chi connectivity index (χ0v) is 13.1. The Labute approximate surface area is 130 Å². The summed E-state index contributed by atoms with van der Waals surface area (Å²) in [7, 11) is 0. The molecule has 0 saturated heterocycles. The van der Waals surface area contributed by atoms with E-state index in [9.17, 15) is 0 Å². The van der Waals surface area contributed by atoms with Crippen LogP contribution in [-0.2, 0) is 0 Å². The molecule has 2 aromatic rings. The Morgan fingerprint density at radius 1 is 0.850 bits per heavy atom. The Kier molecular flexibility index (Phi) is 5.16. The molecule has 0 fully saturated rings. The Hall–Kier alpha value is -1.38. The molecular weight excluding hydrogens is 291 g/mol. The van der Waals surface area contributed by atoms with Crippen LogP contribution in [0.4, 0.5) is 11.4 Å². The molecule has 0 saturated carbocycles. The van der Waals surface area contributed by atoms with E-state index in [0.29, 0.717) is 10.0 Å². The van der Waals surface area contributed by atoms with Crippen LogP contribution in [0.15, 0.2) is 36.4 Å². The highest BCUT2D eigenvalue weighted by molar-refractivity contribution is 6.35. The van der Waals surface area contributed by atoms with Crippen LogP contribution in [0, 0.1) is 13.8 Å². The summed E-state index contributed by atoms with van der Waals surface area (Å²) in [5.74, 6) is 0. The van der Waals surface area contributed by atoms with E-state index >= 15 is 0 Å². The average molecular weight is 309 g/mol. The molecule has 0 aliphatic carbocycles. The summed E-state index contributed by atoms with van der Waals surface area (Å²) in [4.78, 5) is 0. The van der Waals surface area contributed by atoms with Gasteiger partial charge in [-0.1, -0.05) is 40.9 Å². The van der Waals surface area contributed by atoms with Gasteiger partial charge in [-0.25, -0.2) is 0 Å². The second-order valence-corrected chi connectivity index (χ2v) is 5.64. The Morgan fingerprint density at radius 3 is 2.25 bits per heavy atom. The number of hydrogen-bond acceptors (Lipinski definition) is 2. The molecule has 0 spiro atoms. The largest absolute Gasteiger partial charge is 0.383 e. The molecule has 0 aromatic heterocycles. The summed E-state index contributed by atoms with van der Waals surface area (Å²) >= 11 is 12.0. The van der Waals surface area contributed by atoms with Crippen LogP contribution in [0.1, 0.15) is 11.1 Å². The third kappa shape index (κ3) is 4.06. The number of rotatable bonds is 5. The topological polar surface area (TPSA) is 24.1 Å². The minimum absolute atomic E-state index is 0.680. The molecule has 2 nitrogen and oxygen atoms in total. The van der Waals surface area contributed by atoms with E-state index in [-0.39, 0.29) is 0 Å². The minimum Gasteiger partial charge on any atom is -0.383 e. The van der Waals surface area contributed by atoms with Gasteiger partial charge in [0, 0.05) is 23.8 Å². The van der Waals surface area contributed by atoms with E-state index in [1.807, 2.05) is 6.07 Å².